The minimum Gasteiger partial charge on any atom is -0.507 e. The molecule has 1 heterocycles. The second-order valence-electron chi connectivity index (χ2n) is 14.9. The number of hydrogen-bond acceptors (Lipinski definition) is 13. The number of methoxy groups -OCH3 is 1. The van der Waals surface area contributed by atoms with E-state index in [9.17, 15) is 39.6 Å². The van der Waals surface area contributed by atoms with Gasteiger partial charge in [-0.1, -0.05) is 83.3 Å². The number of carbonyl (C=O) groups excluding carboxylic acids is 4. The Balaban J connectivity index is 1.50. The van der Waals surface area contributed by atoms with Crippen LogP contribution in [0.15, 0.2) is 18.2 Å². The van der Waals surface area contributed by atoms with E-state index in [1.165, 1.54) is 63.8 Å². The molecule has 0 unspecified atom stereocenters. The topological polar surface area (TPSA) is 212 Å². The van der Waals surface area contributed by atoms with Gasteiger partial charge in [-0.25, -0.2) is 0 Å². The Labute approximate surface area is 316 Å². The van der Waals surface area contributed by atoms with E-state index in [2.05, 4.69) is 6.92 Å². The van der Waals surface area contributed by atoms with Gasteiger partial charge in [0.25, 0.3) is 0 Å². The highest BCUT2D eigenvalue weighted by Crippen LogP contribution is 2.53. The van der Waals surface area contributed by atoms with Crippen LogP contribution in [-0.4, -0.2) is 87.6 Å². The van der Waals surface area contributed by atoms with E-state index in [0.29, 0.717) is 6.42 Å². The maximum atomic E-state index is 14.3. The molecule has 2 aliphatic carbocycles. The molecule has 5 rings (SSSR count). The molecule has 0 radical (unpaired) electrons. The number of unbranched alkanes of at least 4 members (excludes halogenated alkanes) is 10. The molecule has 0 amide bonds. The van der Waals surface area contributed by atoms with Crippen molar-refractivity contribution in [3.63, 3.8) is 0 Å². The fourth-order valence-electron chi connectivity index (χ4n) is 7.94. The molecule has 2 aromatic rings. The number of rotatable bonds is 18. The zero-order valence-electron chi connectivity index (χ0n) is 31.6. The lowest BCUT2D eigenvalue weighted by molar-refractivity contribution is -0.247. The van der Waals surface area contributed by atoms with Crippen molar-refractivity contribution in [2.45, 2.75) is 146 Å². The van der Waals surface area contributed by atoms with E-state index in [4.69, 9.17) is 24.7 Å². The number of nitrogens with two attached hydrogens (primary N) is 1. The third-order valence-electron chi connectivity index (χ3n) is 11.0. The van der Waals surface area contributed by atoms with Crippen LogP contribution in [-0.2, 0) is 25.5 Å². The molecule has 1 saturated heterocycles. The Hall–Kier alpha value is -3.72. The maximum Gasteiger partial charge on any atom is 0.311 e. The van der Waals surface area contributed by atoms with E-state index in [-0.39, 0.29) is 46.6 Å². The highest BCUT2D eigenvalue weighted by molar-refractivity contribution is 6.31. The molecule has 0 spiro atoms. The SMILES string of the molecule is CCCCCCCCCCCCCC(=O)Oc1c2c(c(O)c3c1C(=O)c1cccc(OC)c1C3=O)[C@@H](O[C@H]1C[C@H](N)[C@H](O)[C@H](C)O1)C[C@](O)(C(=O)CO)C2. The zero-order chi connectivity index (χ0) is 39.2. The number of aliphatic hydroxyl groups excluding tert-OH is 2. The first-order chi connectivity index (χ1) is 25.9. The van der Waals surface area contributed by atoms with Gasteiger partial charge in [0.15, 0.2) is 17.9 Å². The van der Waals surface area contributed by atoms with Gasteiger partial charge in [-0.3, -0.25) is 19.2 Å². The standard InChI is InChI=1S/C41H55NO12/c1-4-5-6-7-8-9-10-11-12-13-14-18-30(45)54-40-25-20-41(50,29(44)22-43)21-28(53-31-19-26(42)36(46)23(2)52-31)33(25)39(49)34-35(40)37(47)24-16-15-17-27(51-3)32(24)38(34)48/h15-17,23,26,28,31,36,43,46,49-50H,4-14,18-22,42H2,1-3H3/t23-,26-,28-,31-,36+,41-/m0/s1. The Morgan fingerprint density at radius 3 is 2.22 bits per heavy atom. The molecule has 3 aliphatic rings. The van der Waals surface area contributed by atoms with Crippen LogP contribution < -0.4 is 15.2 Å². The average molecular weight is 754 g/mol. The number of esters is 1. The van der Waals surface area contributed by atoms with Crippen LogP contribution in [0.2, 0.25) is 0 Å². The molecular weight excluding hydrogens is 698 g/mol. The lowest BCUT2D eigenvalue weighted by Gasteiger charge is -2.42. The molecule has 0 saturated carbocycles. The fraction of sp³-hybridized carbons (Fsp3) is 0.610. The van der Waals surface area contributed by atoms with Gasteiger partial charge >= 0.3 is 5.97 Å². The molecule has 13 nitrogen and oxygen atoms in total. The van der Waals surface area contributed by atoms with Crippen molar-refractivity contribution >= 4 is 23.3 Å². The minimum absolute atomic E-state index is 0.00178. The number of phenols is 1. The van der Waals surface area contributed by atoms with Crippen molar-refractivity contribution in [1.82, 2.24) is 0 Å². The Morgan fingerprint density at radius 2 is 1.61 bits per heavy atom. The summed E-state index contributed by atoms with van der Waals surface area (Å²) in [7, 11) is 1.34. The summed E-state index contributed by atoms with van der Waals surface area (Å²) in [6.07, 6.45) is 6.49. The van der Waals surface area contributed by atoms with Crippen molar-refractivity contribution < 1.29 is 58.6 Å². The van der Waals surface area contributed by atoms with Gasteiger partial charge < -0.3 is 45.1 Å². The van der Waals surface area contributed by atoms with Gasteiger partial charge in [0.2, 0.25) is 5.78 Å². The van der Waals surface area contributed by atoms with E-state index >= 15 is 0 Å². The van der Waals surface area contributed by atoms with Gasteiger partial charge in [-0.05, 0) is 19.4 Å². The van der Waals surface area contributed by atoms with Gasteiger partial charge in [-0.2, -0.15) is 0 Å². The molecule has 13 heteroatoms. The van der Waals surface area contributed by atoms with Gasteiger partial charge in [0.05, 0.1) is 42.1 Å². The highest BCUT2D eigenvalue weighted by Gasteiger charge is 2.50. The van der Waals surface area contributed by atoms with Crippen LogP contribution in [0.4, 0.5) is 0 Å². The quantitative estimate of drug-likeness (QED) is 0.0665. The molecule has 6 atom stereocenters. The number of ether oxygens (including phenoxy) is 4. The lowest BCUT2D eigenvalue weighted by atomic mass is 9.71. The number of fused-ring (bicyclic) bond motifs is 3. The molecule has 0 bridgehead atoms. The van der Waals surface area contributed by atoms with Crippen LogP contribution >= 0.6 is 0 Å². The van der Waals surface area contributed by atoms with Gasteiger partial charge in [-0.15, -0.1) is 0 Å². The molecule has 54 heavy (non-hydrogen) atoms. The van der Waals surface area contributed by atoms with Crippen molar-refractivity contribution in [2.24, 2.45) is 5.73 Å². The summed E-state index contributed by atoms with van der Waals surface area (Å²) < 4.78 is 23.5. The Kier molecular flexibility index (Phi) is 14.0. The number of benzene rings is 2. The molecule has 6 N–H and O–H groups in total. The van der Waals surface area contributed by atoms with Crippen LogP contribution in [0.25, 0.3) is 0 Å². The summed E-state index contributed by atoms with van der Waals surface area (Å²) in [6, 6.07) is 3.70. The minimum atomic E-state index is -2.30. The Bertz CT molecular complexity index is 1700. The summed E-state index contributed by atoms with van der Waals surface area (Å²) >= 11 is 0. The molecule has 2 aromatic carbocycles. The second-order valence-corrected chi connectivity index (χ2v) is 14.9. The van der Waals surface area contributed by atoms with E-state index in [1.807, 2.05) is 0 Å². The average Bonchev–Trinajstić information content (AvgIpc) is 3.15. The largest absolute Gasteiger partial charge is 0.507 e. The van der Waals surface area contributed by atoms with E-state index in [0.717, 1.165) is 25.7 Å². The first-order valence-electron chi connectivity index (χ1n) is 19.4. The highest BCUT2D eigenvalue weighted by atomic mass is 16.7. The van der Waals surface area contributed by atoms with Crippen molar-refractivity contribution in [3.05, 3.63) is 51.6 Å². The normalized spacial score (nSPS) is 24.8. The first-order valence-corrected chi connectivity index (χ1v) is 19.4. The molecule has 1 fully saturated rings. The van der Waals surface area contributed by atoms with Crippen LogP contribution in [0.1, 0.15) is 153 Å². The number of aliphatic hydroxyl groups is 3. The van der Waals surface area contributed by atoms with Crippen molar-refractivity contribution in [1.29, 1.82) is 0 Å². The fourth-order valence-corrected chi connectivity index (χ4v) is 7.94. The molecular formula is C41H55NO12. The smallest absolute Gasteiger partial charge is 0.311 e. The number of ketones is 3. The number of phenolic OH excluding ortho intramolecular Hbond substituents is 1. The van der Waals surface area contributed by atoms with E-state index in [1.54, 1.807) is 6.92 Å². The predicted octanol–water partition coefficient (Wildman–Crippen LogP) is 4.90. The van der Waals surface area contributed by atoms with E-state index < -0.39 is 95.9 Å². The predicted molar refractivity (Wildman–Crippen MR) is 197 cm³/mol. The van der Waals surface area contributed by atoms with Gasteiger partial charge in [0, 0.05) is 48.4 Å². The molecule has 1 aliphatic heterocycles. The molecule has 0 aromatic heterocycles. The number of aromatic hydroxyl groups is 1. The monoisotopic (exact) mass is 753 g/mol. The second kappa shape index (κ2) is 18.3. The van der Waals surface area contributed by atoms with Crippen LogP contribution in [0, 0.1) is 0 Å². The number of hydrogen-bond donors (Lipinski definition) is 5. The van der Waals surface area contributed by atoms with Crippen LogP contribution in [0.3, 0.4) is 0 Å². The van der Waals surface area contributed by atoms with Crippen molar-refractivity contribution in [2.75, 3.05) is 13.7 Å². The summed E-state index contributed by atoms with van der Waals surface area (Å²) in [4.78, 5) is 55.3. The third-order valence-corrected chi connectivity index (χ3v) is 11.0. The number of carbonyl (C=O) groups is 4. The molecule has 296 valence electrons. The van der Waals surface area contributed by atoms with Crippen molar-refractivity contribution in [3.8, 4) is 17.2 Å². The summed E-state index contributed by atoms with van der Waals surface area (Å²) in [5, 5.41) is 44.0. The third kappa shape index (κ3) is 8.72. The lowest BCUT2D eigenvalue weighted by Crippen LogP contribution is -2.53. The van der Waals surface area contributed by atoms with Crippen LogP contribution in [0.5, 0.6) is 17.2 Å². The Morgan fingerprint density at radius 1 is 0.963 bits per heavy atom. The summed E-state index contributed by atoms with van der Waals surface area (Å²) in [5.74, 6) is -4.12. The first kappa shape index (κ1) is 41.4. The summed E-state index contributed by atoms with van der Waals surface area (Å²) in [5.41, 5.74) is 2.70. The van der Waals surface area contributed by atoms with Gasteiger partial charge in [0.1, 0.15) is 29.5 Å². The number of Topliss-reactive ketones (excluding diaryl/α,β-unsaturated/α-hetero) is 1. The zero-order valence-corrected chi connectivity index (χ0v) is 31.6. The summed E-state index contributed by atoms with van der Waals surface area (Å²) in [6.45, 7) is 2.75. The maximum absolute atomic E-state index is 14.3.